The van der Waals surface area contributed by atoms with Crippen LogP contribution in [0.25, 0.3) is 0 Å². The Bertz CT molecular complexity index is 622. The van der Waals surface area contributed by atoms with Gasteiger partial charge in [0.15, 0.2) is 0 Å². The maximum atomic E-state index is 12.2. The molecule has 3 nitrogen and oxygen atoms in total. The van der Waals surface area contributed by atoms with Crippen LogP contribution in [0.15, 0.2) is 47.1 Å². The third-order valence-corrected chi connectivity index (χ3v) is 3.74. The molecule has 2 aliphatic rings. The Kier molecular flexibility index (Phi) is 2.30. The van der Waals surface area contributed by atoms with Gasteiger partial charge in [-0.3, -0.25) is 9.69 Å². The molecule has 0 aliphatic carbocycles. The summed E-state index contributed by atoms with van der Waals surface area (Å²) in [6, 6.07) is 9.72. The number of allylic oxidation sites excluding steroid dienone is 1. The van der Waals surface area contributed by atoms with Crippen molar-refractivity contribution in [2.45, 2.75) is 6.92 Å². The number of benzene rings is 1. The van der Waals surface area contributed by atoms with E-state index in [9.17, 15) is 4.79 Å². The van der Waals surface area contributed by atoms with E-state index in [1.54, 1.807) is 11.2 Å². The summed E-state index contributed by atoms with van der Waals surface area (Å²) in [4.78, 5) is 19.6. The van der Waals surface area contributed by atoms with Gasteiger partial charge in [-0.25, -0.2) is 4.99 Å². The number of amides is 1. The zero-order valence-electron chi connectivity index (χ0n) is 9.25. The third-order valence-electron chi connectivity index (χ3n) is 2.60. The predicted molar refractivity (Wildman–Crippen MR) is 72.2 cm³/mol. The lowest BCUT2D eigenvalue weighted by atomic mass is 10.1. The number of fused-ring (bicyclic) bond motifs is 1. The van der Waals surface area contributed by atoms with Gasteiger partial charge in [0.2, 0.25) is 0 Å². The van der Waals surface area contributed by atoms with E-state index in [0.717, 1.165) is 21.1 Å². The Morgan fingerprint density at radius 2 is 2.00 bits per heavy atom. The largest absolute Gasteiger partial charge is 0.274 e. The van der Waals surface area contributed by atoms with Gasteiger partial charge in [-0.2, -0.15) is 0 Å². The molecule has 0 atom stereocenters. The average molecular weight is 242 g/mol. The lowest BCUT2D eigenvalue weighted by Crippen LogP contribution is -2.35. The molecule has 3 rings (SSSR count). The zero-order valence-corrected chi connectivity index (χ0v) is 10.1. The van der Waals surface area contributed by atoms with E-state index in [0.29, 0.717) is 0 Å². The Balaban J connectivity index is 2.12. The second-order valence-electron chi connectivity index (χ2n) is 3.84. The monoisotopic (exact) mass is 242 g/mol. The molecule has 0 spiro atoms. The minimum Gasteiger partial charge on any atom is -0.267 e. The molecule has 0 saturated heterocycles. The van der Waals surface area contributed by atoms with Gasteiger partial charge < -0.3 is 0 Å². The molecule has 1 aromatic carbocycles. The standard InChI is InChI=1S/C13H10N2OS/c1-9-7-11-15(8-14-9)13(16)12(17-11)10-5-3-2-4-6-10/h2-8H,1H3. The quantitative estimate of drug-likeness (QED) is 0.692. The highest BCUT2D eigenvalue weighted by atomic mass is 32.1. The maximum Gasteiger partial charge on any atom is 0.274 e. The normalized spacial score (nSPS) is 18.1. The number of nitrogens with zero attached hydrogens (tertiary/aromatic N) is 2. The van der Waals surface area contributed by atoms with Gasteiger partial charge in [0.05, 0.1) is 0 Å². The molecule has 2 heterocycles. The topological polar surface area (TPSA) is 32.7 Å². The lowest BCUT2D eigenvalue weighted by Gasteiger charge is -2.15. The lowest BCUT2D eigenvalue weighted by molar-refractivity contribution is -0.117. The third kappa shape index (κ3) is 1.66. The summed E-state index contributed by atoms with van der Waals surface area (Å²) in [6.45, 7) is 1.92. The Morgan fingerprint density at radius 3 is 2.76 bits per heavy atom. The van der Waals surface area contributed by atoms with Crippen LogP contribution in [0.2, 0.25) is 0 Å². The molecule has 0 radical (unpaired) electrons. The van der Waals surface area contributed by atoms with E-state index in [1.165, 1.54) is 10.9 Å². The van der Waals surface area contributed by atoms with Gasteiger partial charge in [-0.05, 0) is 18.6 Å². The number of hydrogen-bond acceptors (Lipinski definition) is 2. The fraction of sp³-hybridized carbons (Fsp3) is 0.0769. The van der Waals surface area contributed by atoms with Crippen molar-refractivity contribution in [2.24, 2.45) is 4.99 Å². The van der Waals surface area contributed by atoms with Crippen LogP contribution in [0.3, 0.4) is 0 Å². The van der Waals surface area contributed by atoms with Crippen molar-refractivity contribution in [3.63, 3.8) is 0 Å². The highest BCUT2D eigenvalue weighted by Crippen LogP contribution is 2.17. The summed E-state index contributed by atoms with van der Waals surface area (Å²) in [7, 11) is 1.50. The molecule has 0 saturated carbocycles. The molecule has 4 heteroatoms. The van der Waals surface area contributed by atoms with Crippen molar-refractivity contribution >= 4 is 33.0 Å². The summed E-state index contributed by atoms with van der Waals surface area (Å²) >= 11 is 0. The summed E-state index contributed by atoms with van der Waals surface area (Å²) < 4.78 is 0. The first-order valence-electron chi connectivity index (χ1n) is 5.29. The first kappa shape index (κ1) is 10.2. The molecular formula is C13H10N2OS. The van der Waals surface area contributed by atoms with Gasteiger partial charge in [0.25, 0.3) is 5.91 Å². The number of hydrogen-bond donors (Lipinski definition) is 0. The van der Waals surface area contributed by atoms with E-state index in [1.807, 2.05) is 43.3 Å². The van der Waals surface area contributed by atoms with Crippen molar-refractivity contribution in [1.82, 2.24) is 4.90 Å². The highest BCUT2D eigenvalue weighted by molar-refractivity contribution is 8.00. The van der Waals surface area contributed by atoms with Crippen molar-refractivity contribution < 1.29 is 4.79 Å². The fourth-order valence-electron chi connectivity index (χ4n) is 1.75. The fourth-order valence-corrected chi connectivity index (χ4v) is 2.86. The number of carbonyl (C=O) groups is 1. The van der Waals surface area contributed by atoms with E-state index in [2.05, 4.69) is 4.99 Å². The Hall–Kier alpha value is -1.94. The molecule has 1 aromatic rings. The van der Waals surface area contributed by atoms with Crippen LogP contribution < -0.4 is 0 Å². The van der Waals surface area contributed by atoms with Crippen molar-refractivity contribution in [3.8, 4) is 0 Å². The first-order chi connectivity index (χ1) is 8.25. The number of rotatable bonds is 1. The molecule has 0 bridgehead atoms. The Morgan fingerprint density at radius 1 is 1.24 bits per heavy atom. The molecule has 0 fully saturated rings. The van der Waals surface area contributed by atoms with Gasteiger partial charge in [0, 0.05) is 5.70 Å². The summed E-state index contributed by atoms with van der Waals surface area (Å²) in [5, 5.41) is 0. The summed E-state index contributed by atoms with van der Waals surface area (Å²) in [6.07, 6.45) is 3.52. The van der Waals surface area contributed by atoms with Crippen LogP contribution >= 0.6 is 10.9 Å². The second-order valence-corrected chi connectivity index (χ2v) is 4.87. The zero-order chi connectivity index (χ0) is 11.8. The van der Waals surface area contributed by atoms with Crippen molar-refractivity contribution in [2.75, 3.05) is 0 Å². The second kappa shape index (κ2) is 3.82. The minimum atomic E-state index is 0.00343. The molecule has 0 N–H and O–H groups in total. The molecule has 17 heavy (non-hydrogen) atoms. The van der Waals surface area contributed by atoms with E-state index in [-0.39, 0.29) is 5.91 Å². The molecule has 2 aliphatic heterocycles. The van der Waals surface area contributed by atoms with Crippen molar-refractivity contribution in [1.29, 1.82) is 0 Å². The maximum absolute atomic E-state index is 12.2. The van der Waals surface area contributed by atoms with Crippen LogP contribution in [0.4, 0.5) is 0 Å². The van der Waals surface area contributed by atoms with Gasteiger partial charge in [0.1, 0.15) is 16.2 Å². The van der Waals surface area contributed by atoms with Crippen LogP contribution in [0, 0.1) is 0 Å². The van der Waals surface area contributed by atoms with Gasteiger partial charge in [-0.1, -0.05) is 30.3 Å². The molecule has 0 aromatic heterocycles. The average Bonchev–Trinajstić information content (AvgIpc) is 2.67. The number of carbonyl (C=O) groups excluding carboxylic acids is 1. The minimum absolute atomic E-state index is 0.00343. The molecule has 0 unspecified atom stereocenters. The van der Waals surface area contributed by atoms with E-state index >= 15 is 0 Å². The van der Waals surface area contributed by atoms with Crippen LogP contribution in [-0.4, -0.2) is 27.0 Å². The van der Waals surface area contributed by atoms with Crippen molar-refractivity contribution in [3.05, 3.63) is 47.7 Å². The SMILES string of the molecule is CC1=CC2=S=C(c3ccccc3)C(=O)N2C=N1. The smallest absolute Gasteiger partial charge is 0.267 e. The van der Waals surface area contributed by atoms with Crippen LogP contribution in [0.5, 0.6) is 0 Å². The Labute approximate surface area is 103 Å². The van der Waals surface area contributed by atoms with Gasteiger partial charge >= 0.3 is 0 Å². The van der Waals surface area contributed by atoms with Crippen LogP contribution in [0.1, 0.15) is 12.5 Å². The van der Waals surface area contributed by atoms with E-state index in [4.69, 9.17) is 0 Å². The number of aliphatic imine (C=N–C) groups is 1. The van der Waals surface area contributed by atoms with Gasteiger partial charge in [-0.15, -0.1) is 10.9 Å². The van der Waals surface area contributed by atoms with Crippen LogP contribution in [-0.2, 0) is 4.79 Å². The summed E-state index contributed by atoms with van der Waals surface area (Å²) in [5.41, 5.74) is 1.88. The highest BCUT2D eigenvalue weighted by Gasteiger charge is 2.28. The predicted octanol–water partition coefficient (Wildman–Crippen LogP) is 1.86. The summed E-state index contributed by atoms with van der Waals surface area (Å²) in [5.74, 6) is 0.00343. The molecule has 84 valence electrons. The first-order valence-corrected chi connectivity index (χ1v) is 6.10. The molecular weight excluding hydrogens is 232 g/mol. The molecule has 1 amide bonds. The van der Waals surface area contributed by atoms with E-state index < -0.39 is 0 Å².